The van der Waals surface area contributed by atoms with Gasteiger partial charge in [-0.05, 0) is 12.1 Å². The molecular weight excluding hydrogens is 250 g/mol. The zero-order valence-corrected chi connectivity index (χ0v) is 11.6. The molecule has 0 aliphatic carbocycles. The van der Waals surface area contributed by atoms with Crippen LogP contribution in [-0.2, 0) is 13.6 Å². The van der Waals surface area contributed by atoms with E-state index in [1.54, 1.807) is 7.05 Å². The molecule has 1 aromatic heterocycles. The Morgan fingerprint density at radius 1 is 1.39 bits per heavy atom. The number of piperazine rings is 1. The number of thiocarbonyl (C=S) groups is 1. The van der Waals surface area contributed by atoms with Crippen LogP contribution in [-0.4, -0.2) is 67.2 Å². The Morgan fingerprint density at radius 2 is 2.06 bits per heavy atom. The molecule has 0 bridgehead atoms. The summed E-state index contributed by atoms with van der Waals surface area (Å²) < 4.78 is 0. The lowest BCUT2D eigenvalue weighted by molar-refractivity contribution is 0.116. The first kappa shape index (κ1) is 13.3. The molecule has 1 saturated heterocycles. The van der Waals surface area contributed by atoms with Crippen LogP contribution in [0.2, 0.25) is 0 Å². The minimum Gasteiger partial charge on any atom is -0.392 e. The molecule has 2 heterocycles. The van der Waals surface area contributed by atoms with Crippen molar-refractivity contribution in [3.63, 3.8) is 0 Å². The van der Waals surface area contributed by atoms with Gasteiger partial charge in [-0.25, -0.2) is 0 Å². The lowest BCUT2D eigenvalue weighted by Gasteiger charge is -2.37. The number of nitrogens with two attached hydrogens (primary N) is 1. The van der Waals surface area contributed by atoms with Crippen LogP contribution in [0, 0.1) is 0 Å². The number of nitrogens with zero attached hydrogens (tertiary/aromatic N) is 6. The monoisotopic (exact) mass is 269 g/mol. The third-order valence-corrected chi connectivity index (χ3v) is 3.62. The molecule has 1 unspecified atom stereocenters. The van der Waals surface area contributed by atoms with Crippen LogP contribution in [0.1, 0.15) is 12.7 Å². The Labute approximate surface area is 112 Å². The topological polar surface area (TPSA) is 76.1 Å². The van der Waals surface area contributed by atoms with Crippen molar-refractivity contribution in [1.82, 2.24) is 30.0 Å². The van der Waals surface area contributed by atoms with Crippen LogP contribution < -0.4 is 5.73 Å². The lowest BCUT2D eigenvalue weighted by Crippen LogP contribution is -2.52. The van der Waals surface area contributed by atoms with Crippen LogP contribution >= 0.6 is 12.2 Å². The molecule has 0 saturated carbocycles. The first-order chi connectivity index (χ1) is 8.56. The summed E-state index contributed by atoms with van der Waals surface area (Å²) in [6, 6.07) is 0.178. The van der Waals surface area contributed by atoms with Crippen molar-refractivity contribution in [3.8, 4) is 0 Å². The van der Waals surface area contributed by atoms with Gasteiger partial charge in [0.1, 0.15) is 0 Å². The van der Waals surface area contributed by atoms with Crippen LogP contribution in [0.5, 0.6) is 0 Å². The zero-order valence-electron chi connectivity index (χ0n) is 10.8. The van der Waals surface area contributed by atoms with Gasteiger partial charge in [0.15, 0.2) is 5.82 Å². The quantitative estimate of drug-likeness (QED) is 0.703. The van der Waals surface area contributed by atoms with Crippen molar-refractivity contribution in [3.05, 3.63) is 5.82 Å². The highest BCUT2D eigenvalue weighted by Gasteiger charge is 2.23. The van der Waals surface area contributed by atoms with Gasteiger partial charge in [-0.3, -0.25) is 9.80 Å². The van der Waals surface area contributed by atoms with Crippen molar-refractivity contribution in [2.24, 2.45) is 12.8 Å². The molecule has 1 aliphatic rings. The molecule has 1 aliphatic heterocycles. The van der Waals surface area contributed by atoms with E-state index in [0.717, 1.165) is 38.5 Å². The average Bonchev–Trinajstić information content (AvgIpc) is 2.75. The fourth-order valence-corrected chi connectivity index (χ4v) is 2.22. The highest BCUT2D eigenvalue weighted by molar-refractivity contribution is 7.80. The Hall–Kier alpha value is -1.12. The third-order valence-electron chi connectivity index (χ3n) is 3.28. The minimum absolute atomic E-state index is 0.178. The van der Waals surface area contributed by atoms with Gasteiger partial charge in [-0.2, -0.15) is 4.80 Å². The van der Waals surface area contributed by atoms with Gasteiger partial charge in [0.2, 0.25) is 0 Å². The number of hydrogen-bond acceptors (Lipinski definition) is 6. The second-order valence-corrected chi connectivity index (χ2v) is 5.06. The van der Waals surface area contributed by atoms with E-state index in [2.05, 4.69) is 32.1 Å². The molecule has 0 aromatic carbocycles. The Balaban J connectivity index is 1.81. The largest absolute Gasteiger partial charge is 0.392 e. The molecule has 8 heteroatoms. The van der Waals surface area contributed by atoms with Crippen molar-refractivity contribution >= 4 is 17.2 Å². The number of aromatic nitrogens is 4. The predicted molar refractivity (Wildman–Crippen MR) is 71.9 cm³/mol. The summed E-state index contributed by atoms with van der Waals surface area (Å²) in [5.74, 6) is 0.772. The summed E-state index contributed by atoms with van der Waals surface area (Å²) in [7, 11) is 1.78. The first-order valence-electron chi connectivity index (χ1n) is 6.05. The second-order valence-electron chi connectivity index (χ2n) is 4.59. The molecule has 1 atom stereocenters. The van der Waals surface area contributed by atoms with E-state index in [1.165, 1.54) is 4.80 Å². The standard InChI is InChI=1S/C10H19N7S/c1-8(10(11)18)17-5-3-16(4-6-17)7-9-12-14-15(2)13-9/h8H,3-7H2,1-2H3,(H2,11,18). The summed E-state index contributed by atoms with van der Waals surface area (Å²) in [6.45, 7) is 6.71. The molecule has 100 valence electrons. The third kappa shape index (κ3) is 3.21. The lowest BCUT2D eigenvalue weighted by atomic mass is 10.2. The van der Waals surface area contributed by atoms with Crippen molar-refractivity contribution < 1.29 is 0 Å². The van der Waals surface area contributed by atoms with Crippen molar-refractivity contribution in [2.75, 3.05) is 26.2 Å². The molecule has 0 spiro atoms. The predicted octanol–water partition coefficient (Wildman–Crippen LogP) is -0.998. The van der Waals surface area contributed by atoms with E-state index >= 15 is 0 Å². The smallest absolute Gasteiger partial charge is 0.188 e. The van der Waals surface area contributed by atoms with Crippen molar-refractivity contribution in [2.45, 2.75) is 19.5 Å². The Kier molecular flexibility index (Phi) is 4.20. The Morgan fingerprint density at radius 3 is 2.56 bits per heavy atom. The molecule has 0 radical (unpaired) electrons. The molecule has 2 rings (SSSR count). The van der Waals surface area contributed by atoms with Crippen molar-refractivity contribution in [1.29, 1.82) is 0 Å². The normalized spacial score (nSPS) is 19.9. The maximum absolute atomic E-state index is 5.67. The zero-order chi connectivity index (χ0) is 13.1. The molecule has 7 nitrogen and oxygen atoms in total. The second kappa shape index (κ2) is 5.68. The summed E-state index contributed by atoms with van der Waals surface area (Å²) in [5.41, 5.74) is 5.67. The number of rotatable bonds is 4. The van der Waals surface area contributed by atoms with E-state index in [1.807, 2.05) is 0 Å². The van der Waals surface area contributed by atoms with Gasteiger partial charge >= 0.3 is 0 Å². The summed E-state index contributed by atoms with van der Waals surface area (Å²) in [5, 5.41) is 12.0. The van der Waals surface area contributed by atoms with E-state index < -0.39 is 0 Å². The fourth-order valence-electron chi connectivity index (χ4n) is 2.08. The molecule has 1 aromatic rings. The molecule has 0 amide bonds. The maximum atomic E-state index is 5.67. The van der Waals surface area contributed by atoms with E-state index in [-0.39, 0.29) is 6.04 Å². The van der Waals surface area contributed by atoms with Crippen LogP contribution in [0.25, 0.3) is 0 Å². The van der Waals surface area contributed by atoms with Crippen LogP contribution in [0.3, 0.4) is 0 Å². The van der Waals surface area contributed by atoms with E-state index in [9.17, 15) is 0 Å². The summed E-state index contributed by atoms with van der Waals surface area (Å²) in [6.07, 6.45) is 0. The molecule has 1 fully saturated rings. The molecule has 18 heavy (non-hydrogen) atoms. The average molecular weight is 269 g/mol. The number of hydrogen-bond donors (Lipinski definition) is 1. The van der Waals surface area contributed by atoms with Gasteiger partial charge in [0.05, 0.1) is 24.6 Å². The first-order valence-corrected chi connectivity index (χ1v) is 6.45. The van der Waals surface area contributed by atoms with E-state index in [0.29, 0.717) is 4.99 Å². The van der Waals surface area contributed by atoms with Gasteiger partial charge < -0.3 is 5.73 Å². The van der Waals surface area contributed by atoms with Gasteiger partial charge in [-0.1, -0.05) is 12.2 Å². The minimum atomic E-state index is 0.178. The number of tetrazole rings is 1. The highest BCUT2D eigenvalue weighted by Crippen LogP contribution is 2.08. The Bertz CT molecular complexity index is 410. The van der Waals surface area contributed by atoms with Gasteiger partial charge in [0.25, 0.3) is 0 Å². The molecular formula is C10H19N7S. The number of aryl methyl sites for hydroxylation is 1. The maximum Gasteiger partial charge on any atom is 0.188 e. The SMILES string of the molecule is CC(C(N)=S)N1CCN(Cc2nnn(C)n2)CC1. The van der Waals surface area contributed by atoms with E-state index in [4.69, 9.17) is 18.0 Å². The fraction of sp³-hybridized carbons (Fsp3) is 0.800. The summed E-state index contributed by atoms with van der Waals surface area (Å²) >= 11 is 5.03. The summed E-state index contributed by atoms with van der Waals surface area (Å²) in [4.78, 5) is 6.68. The van der Waals surface area contributed by atoms with Crippen LogP contribution in [0.15, 0.2) is 0 Å². The molecule has 2 N–H and O–H groups in total. The van der Waals surface area contributed by atoms with Gasteiger partial charge in [0, 0.05) is 26.2 Å². The van der Waals surface area contributed by atoms with Gasteiger partial charge in [-0.15, -0.1) is 10.2 Å². The highest BCUT2D eigenvalue weighted by atomic mass is 32.1. The van der Waals surface area contributed by atoms with Crippen LogP contribution in [0.4, 0.5) is 0 Å².